The van der Waals surface area contributed by atoms with Crippen LogP contribution in [-0.2, 0) is 23.7 Å². The maximum Gasteiger partial charge on any atom is 0.142 e. The largest absolute Gasteiger partial charge is 0.382 e. The second-order valence-corrected chi connectivity index (χ2v) is 4.38. The lowest BCUT2D eigenvalue weighted by atomic mass is 9.92. The molecule has 0 spiro atoms. The molecular weight excluding hydrogens is 223 g/mol. The highest BCUT2D eigenvalue weighted by Crippen LogP contribution is 2.25. The number of methoxy groups -OCH3 is 3. The summed E-state index contributed by atoms with van der Waals surface area (Å²) in [6.07, 6.45) is -0.157. The van der Waals surface area contributed by atoms with Gasteiger partial charge in [-0.25, -0.2) is 0 Å². The zero-order chi connectivity index (χ0) is 12.8. The third-order valence-corrected chi connectivity index (χ3v) is 3.07. The van der Waals surface area contributed by atoms with E-state index in [1.54, 1.807) is 21.3 Å². The Labute approximate surface area is 104 Å². The van der Waals surface area contributed by atoms with Gasteiger partial charge >= 0.3 is 0 Å². The molecule has 5 atom stereocenters. The van der Waals surface area contributed by atoms with E-state index in [1.165, 1.54) is 0 Å². The maximum atomic E-state index is 5.82. The molecule has 1 aliphatic rings. The highest BCUT2D eigenvalue weighted by molar-refractivity contribution is 6.11. The Morgan fingerprint density at radius 2 is 1.94 bits per heavy atom. The topological polar surface area (TPSA) is 46.2 Å². The van der Waals surface area contributed by atoms with Crippen molar-refractivity contribution in [2.45, 2.75) is 37.3 Å². The molecule has 1 fully saturated rings. The highest BCUT2D eigenvalue weighted by Gasteiger charge is 2.43. The van der Waals surface area contributed by atoms with Crippen LogP contribution in [0.1, 0.15) is 6.92 Å². The fraction of sp³-hybridized carbons (Fsp3) is 1.00. The van der Waals surface area contributed by atoms with E-state index < -0.39 is 0 Å². The summed E-state index contributed by atoms with van der Waals surface area (Å²) in [5, 5.41) is 0. The molecule has 0 saturated carbocycles. The molecule has 0 amide bonds. The summed E-state index contributed by atoms with van der Waals surface area (Å²) in [5.41, 5.74) is 0. The van der Waals surface area contributed by atoms with E-state index >= 15 is 0 Å². The molecule has 0 aromatic heterocycles. The third-order valence-electron chi connectivity index (χ3n) is 3.07. The average Bonchev–Trinajstić information content (AvgIpc) is 2.62. The van der Waals surface area contributed by atoms with E-state index in [9.17, 15) is 0 Å². The van der Waals surface area contributed by atoms with Gasteiger partial charge in [-0.1, -0.05) is 0 Å². The van der Waals surface area contributed by atoms with E-state index in [0.717, 1.165) is 0 Å². The zero-order valence-corrected chi connectivity index (χ0v) is 11.3. The van der Waals surface area contributed by atoms with Crippen LogP contribution in [0.25, 0.3) is 0 Å². The van der Waals surface area contributed by atoms with E-state index in [2.05, 4.69) is 0 Å². The molecule has 1 saturated heterocycles. The smallest absolute Gasteiger partial charge is 0.142 e. The summed E-state index contributed by atoms with van der Waals surface area (Å²) in [6.45, 7) is 3.02. The second-order valence-electron chi connectivity index (χ2n) is 4.38. The quantitative estimate of drug-likeness (QED) is 0.563. The summed E-state index contributed by atoms with van der Waals surface area (Å²) >= 11 is 0. The van der Waals surface area contributed by atoms with Gasteiger partial charge in [-0.15, -0.1) is 0 Å². The van der Waals surface area contributed by atoms with Gasteiger partial charge in [0.25, 0.3) is 0 Å². The minimum Gasteiger partial charge on any atom is -0.382 e. The van der Waals surface area contributed by atoms with Crippen molar-refractivity contribution < 1.29 is 23.7 Å². The van der Waals surface area contributed by atoms with Crippen molar-refractivity contribution in [1.29, 1.82) is 0 Å². The van der Waals surface area contributed by atoms with Crippen LogP contribution in [0.15, 0.2) is 0 Å². The molecule has 1 unspecified atom stereocenters. The summed E-state index contributed by atoms with van der Waals surface area (Å²) in [7, 11) is 6.99. The Kier molecular flexibility index (Phi) is 6.44. The molecule has 1 heterocycles. The Hall–Kier alpha value is -0.135. The zero-order valence-electron chi connectivity index (χ0n) is 11.3. The van der Waals surface area contributed by atoms with Gasteiger partial charge in [0.15, 0.2) is 0 Å². The second kappa shape index (κ2) is 7.33. The normalized spacial score (nSPS) is 35.1. The van der Waals surface area contributed by atoms with Crippen molar-refractivity contribution in [3.63, 3.8) is 0 Å². The Morgan fingerprint density at radius 3 is 2.47 bits per heavy atom. The molecule has 1 rings (SSSR count). The van der Waals surface area contributed by atoms with Crippen LogP contribution in [-0.4, -0.2) is 72.8 Å². The van der Waals surface area contributed by atoms with Gasteiger partial charge in [-0.2, -0.15) is 0 Å². The molecule has 5 nitrogen and oxygen atoms in total. The third kappa shape index (κ3) is 3.93. The summed E-state index contributed by atoms with van der Waals surface area (Å²) in [5.74, 6) is 0. The van der Waals surface area contributed by atoms with Crippen LogP contribution in [0, 0.1) is 0 Å². The van der Waals surface area contributed by atoms with Gasteiger partial charge < -0.3 is 23.7 Å². The predicted molar refractivity (Wildman–Crippen MR) is 66.1 cm³/mol. The number of hydrogen-bond acceptors (Lipinski definition) is 5. The lowest BCUT2D eigenvalue weighted by Crippen LogP contribution is -2.39. The first-order valence-corrected chi connectivity index (χ1v) is 5.95. The molecule has 0 aromatic rings. The number of rotatable bonds is 7. The van der Waals surface area contributed by atoms with Crippen molar-refractivity contribution in [2.24, 2.45) is 0 Å². The van der Waals surface area contributed by atoms with Gasteiger partial charge in [0.1, 0.15) is 26.2 Å². The van der Waals surface area contributed by atoms with Crippen molar-refractivity contribution in [3.8, 4) is 0 Å². The maximum absolute atomic E-state index is 5.82. The molecule has 1 aliphatic heterocycles. The Morgan fingerprint density at radius 1 is 1.24 bits per heavy atom. The highest BCUT2D eigenvalue weighted by atomic mass is 16.6. The van der Waals surface area contributed by atoms with Gasteiger partial charge in [0.05, 0.1) is 25.3 Å². The molecule has 0 N–H and O–H groups in total. The van der Waals surface area contributed by atoms with E-state index in [-0.39, 0.29) is 30.4 Å². The molecular formula is C11H23BO5. The lowest BCUT2D eigenvalue weighted by molar-refractivity contribution is -0.0758. The first kappa shape index (κ1) is 14.9. The van der Waals surface area contributed by atoms with E-state index in [0.29, 0.717) is 13.2 Å². The molecule has 100 valence electrons. The first-order chi connectivity index (χ1) is 8.13. The summed E-state index contributed by atoms with van der Waals surface area (Å²) in [4.78, 5) is 0. The van der Waals surface area contributed by atoms with Crippen LogP contribution in [0.4, 0.5) is 0 Å². The fourth-order valence-corrected chi connectivity index (χ4v) is 2.04. The van der Waals surface area contributed by atoms with Gasteiger partial charge in [0.2, 0.25) is 0 Å². The van der Waals surface area contributed by atoms with Crippen molar-refractivity contribution in [3.05, 3.63) is 0 Å². The SMILES string of the molecule is B[C@@H]1O[C@H](COC)C(OC)[C@@H]1OC[C@@H](C)OC. The van der Waals surface area contributed by atoms with E-state index in [1.807, 2.05) is 14.8 Å². The molecule has 0 aromatic carbocycles. The monoisotopic (exact) mass is 246 g/mol. The van der Waals surface area contributed by atoms with Crippen LogP contribution in [0.3, 0.4) is 0 Å². The molecule has 17 heavy (non-hydrogen) atoms. The lowest BCUT2D eigenvalue weighted by Gasteiger charge is -2.23. The number of ether oxygens (including phenoxy) is 5. The minimum absolute atomic E-state index is 0.00385. The van der Waals surface area contributed by atoms with Crippen LogP contribution >= 0.6 is 0 Å². The summed E-state index contributed by atoms with van der Waals surface area (Å²) < 4.78 is 27.3. The fourth-order valence-electron chi connectivity index (χ4n) is 2.04. The van der Waals surface area contributed by atoms with Crippen molar-refractivity contribution in [2.75, 3.05) is 34.5 Å². The van der Waals surface area contributed by atoms with Crippen molar-refractivity contribution in [1.82, 2.24) is 0 Å². The molecule has 6 heteroatoms. The minimum atomic E-state index is -0.0889. The average molecular weight is 246 g/mol. The molecule has 0 radical (unpaired) electrons. The van der Waals surface area contributed by atoms with Crippen LogP contribution < -0.4 is 0 Å². The van der Waals surface area contributed by atoms with Gasteiger partial charge in [-0.05, 0) is 6.92 Å². The van der Waals surface area contributed by atoms with Gasteiger partial charge in [0, 0.05) is 21.3 Å². The standard InChI is InChI=1S/C11H23BO5/c1-7(14-3)5-16-10-9(15-4)8(6-13-2)17-11(10)12/h7-11H,5-6,12H2,1-4H3/t7-,8-,9?,10+,11-/m1/s1. The molecule has 0 bridgehead atoms. The predicted octanol–water partition coefficient (Wildman–Crippen LogP) is -0.574. The van der Waals surface area contributed by atoms with Gasteiger partial charge in [-0.3, -0.25) is 0 Å². The van der Waals surface area contributed by atoms with Crippen LogP contribution in [0.5, 0.6) is 0 Å². The van der Waals surface area contributed by atoms with Crippen LogP contribution in [0.2, 0.25) is 0 Å². The summed E-state index contributed by atoms with van der Waals surface area (Å²) in [6, 6.07) is 0.00385. The first-order valence-electron chi connectivity index (χ1n) is 5.95. The molecule has 0 aliphatic carbocycles. The number of hydrogen-bond donors (Lipinski definition) is 0. The Bertz CT molecular complexity index is 216. The van der Waals surface area contributed by atoms with E-state index in [4.69, 9.17) is 23.7 Å². The Balaban J connectivity index is 2.51. The van der Waals surface area contributed by atoms with Crippen molar-refractivity contribution >= 4 is 7.85 Å².